The number of rotatable bonds is 4. The molecule has 12 heteroatoms. The SMILES string of the molecule is Nc1ccc(P(O)C(=O)[C@H]2O[C@@H](n3cnc4c(N)ncnc43)[C@H](O)[C@@H]2O)cc1. The van der Waals surface area contributed by atoms with Crippen molar-refractivity contribution in [2.24, 2.45) is 0 Å². The van der Waals surface area contributed by atoms with Gasteiger partial charge in [-0.15, -0.1) is 0 Å². The van der Waals surface area contributed by atoms with Crippen molar-refractivity contribution in [2.75, 3.05) is 11.5 Å². The number of aliphatic hydroxyl groups excluding tert-OH is 2. The highest BCUT2D eigenvalue weighted by atomic mass is 31.1. The van der Waals surface area contributed by atoms with Crippen molar-refractivity contribution >= 4 is 41.6 Å². The summed E-state index contributed by atoms with van der Waals surface area (Å²) in [5.41, 5.74) is 11.7. The van der Waals surface area contributed by atoms with E-state index in [0.717, 1.165) is 0 Å². The Kier molecular flexibility index (Phi) is 4.69. The van der Waals surface area contributed by atoms with Crippen LogP contribution in [0.4, 0.5) is 11.5 Å². The summed E-state index contributed by atoms with van der Waals surface area (Å²) in [4.78, 5) is 35.1. The van der Waals surface area contributed by atoms with Crippen LogP contribution in [0.3, 0.4) is 0 Å². The van der Waals surface area contributed by atoms with Gasteiger partial charge in [-0.25, -0.2) is 15.0 Å². The number of aliphatic hydroxyl groups is 2. The number of carbonyl (C=O) groups is 1. The molecule has 3 aromatic rings. The van der Waals surface area contributed by atoms with Crippen molar-refractivity contribution in [3.05, 3.63) is 36.9 Å². The minimum atomic E-state index is -2.28. The number of imidazole rings is 1. The quantitative estimate of drug-likeness (QED) is 0.263. The first-order valence-electron chi connectivity index (χ1n) is 8.21. The van der Waals surface area contributed by atoms with E-state index >= 15 is 0 Å². The molecule has 11 nitrogen and oxygen atoms in total. The molecular formula is C16H17N6O5P. The highest BCUT2D eigenvalue weighted by Gasteiger charge is 2.49. The van der Waals surface area contributed by atoms with E-state index < -0.39 is 38.2 Å². The predicted octanol–water partition coefficient (Wildman–Crippen LogP) is -1.15. The second-order valence-electron chi connectivity index (χ2n) is 6.25. The average molecular weight is 404 g/mol. The van der Waals surface area contributed by atoms with Crippen molar-refractivity contribution in [2.45, 2.75) is 24.5 Å². The van der Waals surface area contributed by atoms with Crippen LogP contribution >= 0.6 is 8.15 Å². The molecule has 5 atom stereocenters. The molecule has 1 aliphatic rings. The van der Waals surface area contributed by atoms with Gasteiger partial charge in [-0.05, 0) is 24.3 Å². The first-order valence-corrected chi connectivity index (χ1v) is 9.51. The molecule has 7 N–H and O–H groups in total. The van der Waals surface area contributed by atoms with E-state index in [9.17, 15) is 19.9 Å². The number of carbonyl (C=O) groups excluding carboxylic acids is 1. The molecule has 1 aliphatic heterocycles. The fourth-order valence-electron chi connectivity index (χ4n) is 3.01. The van der Waals surface area contributed by atoms with E-state index in [2.05, 4.69) is 15.0 Å². The number of hydrogen-bond donors (Lipinski definition) is 5. The largest absolute Gasteiger partial charge is 0.399 e. The van der Waals surface area contributed by atoms with Gasteiger partial charge in [-0.2, -0.15) is 0 Å². The Morgan fingerprint density at radius 1 is 1.11 bits per heavy atom. The summed E-state index contributed by atoms with van der Waals surface area (Å²) >= 11 is 0. The van der Waals surface area contributed by atoms with Gasteiger partial charge in [0.15, 0.2) is 23.8 Å². The summed E-state index contributed by atoms with van der Waals surface area (Å²) in [6.07, 6.45) is -3.00. The van der Waals surface area contributed by atoms with E-state index in [1.165, 1.54) is 29.4 Å². The van der Waals surface area contributed by atoms with E-state index in [-0.39, 0.29) is 11.5 Å². The third-order valence-electron chi connectivity index (χ3n) is 4.49. The Morgan fingerprint density at radius 2 is 1.82 bits per heavy atom. The normalized spacial score (nSPS) is 25.8. The number of aromatic nitrogens is 4. The number of nitrogens with zero attached hydrogens (tertiary/aromatic N) is 4. The lowest BCUT2D eigenvalue weighted by atomic mass is 10.1. The molecule has 1 unspecified atom stereocenters. The second-order valence-corrected chi connectivity index (χ2v) is 7.83. The van der Waals surface area contributed by atoms with Gasteiger partial charge in [0.25, 0.3) is 0 Å². The first-order chi connectivity index (χ1) is 13.4. The number of hydrogen-bond acceptors (Lipinski definition) is 10. The third kappa shape index (κ3) is 2.99. The Bertz CT molecular complexity index is 1030. The van der Waals surface area contributed by atoms with Crippen molar-refractivity contribution in [1.82, 2.24) is 19.5 Å². The number of nitrogen functional groups attached to an aromatic ring is 2. The van der Waals surface area contributed by atoms with Gasteiger partial charge in [-0.1, -0.05) is 0 Å². The predicted molar refractivity (Wildman–Crippen MR) is 100 cm³/mol. The van der Waals surface area contributed by atoms with Crippen LogP contribution in [0.15, 0.2) is 36.9 Å². The number of anilines is 2. The average Bonchev–Trinajstić information content (AvgIpc) is 3.24. The van der Waals surface area contributed by atoms with Crippen LogP contribution in [0, 0.1) is 0 Å². The van der Waals surface area contributed by atoms with Crippen LogP contribution in [-0.2, 0) is 9.53 Å². The summed E-state index contributed by atoms with van der Waals surface area (Å²) in [5, 5.41) is 21.1. The molecule has 0 radical (unpaired) electrons. The van der Waals surface area contributed by atoms with Gasteiger partial charge in [0.1, 0.15) is 32.2 Å². The Labute approximate surface area is 159 Å². The molecule has 0 amide bonds. The van der Waals surface area contributed by atoms with Crippen LogP contribution in [0.1, 0.15) is 6.23 Å². The molecule has 0 saturated carbocycles. The second kappa shape index (κ2) is 7.04. The van der Waals surface area contributed by atoms with Gasteiger partial charge < -0.3 is 31.3 Å². The van der Waals surface area contributed by atoms with Crippen molar-refractivity contribution in [3.8, 4) is 0 Å². The van der Waals surface area contributed by atoms with Gasteiger partial charge in [0, 0.05) is 11.0 Å². The zero-order chi connectivity index (χ0) is 20.0. The number of benzene rings is 1. The molecule has 146 valence electrons. The highest BCUT2D eigenvalue weighted by Crippen LogP contribution is 2.40. The molecule has 0 spiro atoms. The highest BCUT2D eigenvalue weighted by molar-refractivity contribution is 7.76. The Hall–Kier alpha value is -2.69. The molecule has 1 saturated heterocycles. The number of ether oxygens (including phenoxy) is 1. The lowest BCUT2D eigenvalue weighted by Crippen LogP contribution is -2.36. The van der Waals surface area contributed by atoms with Crippen molar-refractivity contribution < 1.29 is 24.6 Å². The lowest BCUT2D eigenvalue weighted by molar-refractivity contribution is -0.127. The van der Waals surface area contributed by atoms with E-state index in [4.69, 9.17) is 16.2 Å². The van der Waals surface area contributed by atoms with Gasteiger partial charge in [0.2, 0.25) is 5.52 Å². The van der Waals surface area contributed by atoms with Crippen molar-refractivity contribution in [1.29, 1.82) is 0 Å². The van der Waals surface area contributed by atoms with Crippen LogP contribution in [0.25, 0.3) is 11.2 Å². The Balaban J connectivity index is 1.61. The number of nitrogens with two attached hydrogens (primary N) is 2. The summed E-state index contributed by atoms with van der Waals surface area (Å²) < 4.78 is 6.97. The smallest absolute Gasteiger partial charge is 0.217 e. The monoisotopic (exact) mass is 404 g/mol. The molecular weight excluding hydrogens is 387 g/mol. The van der Waals surface area contributed by atoms with E-state index in [1.807, 2.05) is 0 Å². The molecule has 2 aromatic heterocycles. The van der Waals surface area contributed by atoms with Crippen LogP contribution in [0.5, 0.6) is 0 Å². The molecule has 0 bridgehead atoms. The molecule has 0 aliphatic carbocycles. The molecule has 1 fully saturated rings. The lowest BCUT2D eigenvalue weighted by Gasteiger charge is -2.17. The van der Waals surface area contributed by atoms with Crippen LogP contribution in [0.2, 0.25) is 0 Å². The van der Waals surface area contributed by atoms with Crippen molar-refractivity contribution in [3.63, 3.8) is 0 Å². The molecule has 28 heavy (non-hydrogen) atoms. The third-order valence-corrected chi connectivity index (χ3v) is 5.95. The summed E-state index contributed by atoms with van der Waals surface area (Å²) in [6.45, 7) is 0. The number of fused-ring (bicyclic) bond motifs is 1. The summed E-state index contributed by atoms with van der Waals surface area (Å²) in [7, 11) is -2.28. The maximum atomic E-state index is 12.7. The fraction of sp³-hybridized carbons (Fsp3) is 0.250. The molecule has 3 heterocycles. The zero-order valence-electron chi connectivity index (χ0n) is 14.3. The minimum Gasteiger partial charge on any atom is -0.399 e. The summed E-state index contributed by atoms with van der Waals surface area (Å²) in [5.74, 6) is 0.145. The maximum absolute atomic E-state index is 12.7. The van der Waals surface area contributed by atoms with E-state index in [0.29, 0.717) is 16.5 Å². The topological polar surface area (TPSA) is 183 Å². The standard InChI is InChI=1S/C16H17N6O5P/c17-7-1-3-8(4-2-7)28(26)16(25)12-10(23)11(24)15(27-12)22-6-21-9-13(18)19-5-20-14(9)22/h1-6,10-12,15,23-24,26H,17H2,(H2,18,19,20)/t10-,11+,12-,15+,28?/m0/s1. The van der Waals surface area contributed by atoms with Gasteiger partial charge in [0.05, 0.1) is 6.33 Å². The van der Waals surface area contributed by atoms with Gasteiger partial charge in [-0.3, -0.25) is 9.36 Å². The summed E-state index contributed by atoms with van der Waals surface area (Å²) in [6, 6.07) is 6.16. The van der Waals surface area contributed by atoms with Gasteiger partial charge >= 0.3 is 0 Å². The zero-order valence-corrected chi connectivity index (χ0v) is 15.2. The van der Waals surface area contributed by atoms with E-state index in [1.54, 1.807) is 12.1 Å². The first kappa shape index (κ1) is 18.7. The molecule has 4 rings (SSSR count). The minimum absolute atomic E-state index is 0.145. The van der Waals surface area contributed by atoms with Crippen LogP contribution < -0.4 is 16.8 Å². The molecule has 1 aromatic carbocycles. The maximum Gasteiger partial charge on any atom is 0.217 e. The fourth-order valence-corrected chi connectivity index (χ4v) is 4.15. The Morgan fingerprint density at radius 3 is 2.54 bits per heavy atom. The van der Waals surface area contributed by atoms with Crippen LogP contribution in [-0.4, -0.2) is 58.5 Å².